The highest BCUT2D eigenvalue weighted by Crippen LogP contribution is 2.34. The van der Waals surface area contributed by atoms with Crippen molar-refractivity contribution in [3.63, 3.8) is 0 Å². The number of halogens is 1. The minimum absolute atomic E-state index is 0.226. The molecule has 4 rings (SSSR count). The lowest BCUT2D eigenvalue weighted by molar-refractivity contribution is 0.626. The Labute approximate surface area is 101 Å². The Morgan fingerprint density at radius 1 is 1.39 bits per heavy atom. The normalized spacial score (nSPS) is 12.7. The smallest absolute Gasteiger partial charge is 0.292 e. The van der Waals surface area contributed by atoms with Crippen LogP contribution in [0.5, 0.6) is 0 Å². The van der Waals surface area contributed by atoms with Gasteiger partial charge in [0.1, 0.15) is 5.82 Å². The number of imidazole rings is 1. The van der Waals surface area contributed by atoms with Crippen molar-refractivity contribution in [2.75, 3.05) is 0 Å². The van der Waals surface area contributed by atoms with Crippen molar-refractivity contribution in [2.45, 2.75) is 6.42 Å². The molecule has 0 radical (unpaired) electrons. The quantitative estimate of drug-likeness (QED) is 0.509. The number of H-pyrrole nitrogens is 1. The van der Waals surface area contributed by atoms with Crippen LogP contribution in [0.25, 0.3) is 16.9 Å². The van der Waals surface area contributed by atoms with Gasteiger partial charge >= 0.3 is 0 Å². The number of hydrogen-bond acceptors (Lipinski definition) is 2. The van der Waals surface area contributed by atoms with Gasteiger partial charge in [-0.25, -0.2) is 9.37 Å². The Balaban J connectivity index is 2.13. The molecular weight excluding hydrogens is 233 g/mol. The molecule has 0 saturated carbocycles. The summed E-state index contributed by atoms with van der Waals surface area (Å²) in [6.07, 6.45) is 3.95. The molecule has 0 amide bonds. The Morgan fingerprint density at radius 2 is 2.28 bits per heavy atom. The standard InChI is InChI=1S/C13H8FN3O/c14-8-1-2-9-7(5-8)6-10-11(9)16-13(18)12-15-3-4-17(10)12/h1-5H,6H2,(H,16,18). The van der Waals surface area contributed by atoms with Crippen LogP contribution < -0.4 is 5.56 Å². The molecule has 18 heavy (non-hydrogen) atoms. The molecule has 1 aliphatic carbocycles. The van der Waals surface area contributed by atoms with Crippen LogP contribution in [0.2, 0.25) is 0 Å². The largest absolute Gasteiger partial charge is 0.317 e. The first-order valence-corrected chi connectivity index (χ1v) is 5.61. The monoisotopic (exact) mass is 241 g/mol. The van der Waals surface area contributed by atoms with E-state index in [0.29, 0.717) is 12.1 Å². The summed E-state index contributed by atoms with van der Waals surface area (Å²) < 4.78 is 15.0. The zero-order valence-corrected chi connectivity index (χ0v) is 9.27. The zero-order valence-electron chi connectivity index (χ0n) is 9.27. The number of aromatic amines is 1. The Morgan fingerprint density at radius 3 is 3.17 bits per heavy atom. The SMILES string of the molecule is O=c1[nH]c2c(n3ccnc13)Cc1cc(F)ccc1-2. The molecule has 4 nitrogen and oxygen atoms in total. The lowest BCUT2D eigenvalue weighted by Gasteiger charge is -2.03. The van der Waals surface area contributed by atoms with E-state index >= 15 is 0 Å². The van der Waals surface area contributed by atoms with E-state index in [4.69, 9.17) is 0 Å². The molecular formula is C13H8FN3O. The van der Waals surface area contributed by atoms with Crippen LogP contribution in [-0.4, -0.2) is 14.4 Å². The van der Waals surface area contributed by atoms with Crippen molar-refractivity contribution < 1.29 is 4.39 Å². The predicted molar refractivity (Wildman–Crippen MR) is 64.0 cm³/mol. The molecule has 2 heterocycles. The van der Waals surface area contributed by atoms with E-state index in [9.17, 15) is 9.18 Å². The molecule has 3 aromatic rings. The van der Waals surface area contributed by atoms with Gasteiger partial charge in [0.2, 0.25) is 5.65 Å². The van der Waals surface area contributed by atoms with Gasteiger partial charge in [-0.1, -0.05) is 0 Å². The molecule has 5 heteroatoms. The fourth-order valence-electron chi connectivity index (χ4n) is 2.58. The van der Waals surface area contributed by atoms with Crippen molar-refractivity contribution >= 4 is 5.65 Å². The van der Waals surface area contributed by atoms with Crippen molar-refractivity contribution in [1.82, 2.24) is 14.4 Å². The second-order valence-corrected chi connectivity index (χ2v) is 4.37. The van der Waals surface area contributed by atoms with Crippen molar-refractivity contribution in [1.29, 1.82) is 0 Å². The predicted octanol–water partition coefficient (Wildman–Crippen LogP) is 1.73. The van der Waals surface area contributed by atoms with Crippen LogP contribution in [-0.2, 0) is 6.42 Å². The van der Waals surface area contributed by atoms with Gasteiger partial charge in [0.15, 0.2) is 0 Å². The second kappa shape index (κ2) is 3.07. The zero-order chi connectivity index (χ0) is 12.3. The Kier molecular flexibility index (Phi) is 1.63. The van der Waals surface area contributed by atoms with E-state index in [1.54, 1.807) is 22.9 Å². The highest BCUT2D eigenvalue weighted by Gasteiger charge is 2.23. The third-order valence-corrected chi connectivity index (χ3v) is 3.36. The summed E-state index contributed by atoms with van der Waals surface area (Å²) in [5, 5.41) is 0. The molecule has 88 valence electrons. The number of aromatic nitrogens is 3. The molecule has 0 fully saturated rings. The molecule has 1 N–H and O–H groups in total. The maximum Gasteiger partial charge on any atom is 0.292 e. The van der Waals surface area contributed by atoms with Crippen LogP contribution in [0.15, 0.2) is 35.4 Å². The number of nitrogens with one attached hydrogen (secondary N) is 1. The van der Waals surface area contributed by atoms with Crippen LogP contribution >= 0.6 is 0 Å². The topological polar surface area (TPSA) is 50.2 Å². The number of rotatable bonds is 0. The fourth-order valence-corrected chi connectivity index (χ4v) is 2.58. The van der Waals surface area contributed by atoms with Gasteiger partial charge in [0, 0.05) is 24.4 Å². The highest BCUT2D eigenvalue weighted by molar-refractivity contribution is 5.73. The number of benzene rings is 1. The summed E-state index contributed by atoms with van der Waals surface area (Å²) in [6.45, 7) is 0. The van der Waals surface area contributed by atoms with Crippen molar-refractivity contribution in [3.05, 3.63) is 58.0 Å². The third-order valence-electron chi connectivity index (χ3n) is 3.36. The molecule has 2 aromatic heterocycles. The average Bonchev–Trinajstić information content (AvgIpc) is 2.93. The van der Waals surface area contributed by atoms with Gasteiger partial charge in [-0.3, -0.25) is 9.20 Å². The summed E-state index contributed by atoms with van der Waals surface area (Å²) in [5.74, 6) is -0.259. The maximum atomic E-state index is 13.2. The molecule has 0 unspecified atom stereocenters. The lowest BCUT2D eigenvalue weighted by Crippen LogP contribution is -2.13. The molecule has 1 aromatic carbocycles. The van der Waals surface area contributed by atoms with Crippen molar-refractivity contribution in [3.8, 4) is 11.3 Å². The summed E-state index contributed by atoms with van der Waals surface area (Å²) in [5.41, 5.74) is 3.64. The number of nitrogens with zero attached hydrogens (tertiary/aromatic N) is 2. The van der Waals surface area contributed by atoms with Crippen molar-refractivity contribution in [2.24, 2.45) is 0 Å². The Hall–Kier alpha value is -2.43. The minimum Gasteiger partial charge on any atom is -0.317 e. The second-order valence-electron chi connectivity index (χ2n) is 4.37. The van der Waals surface area contributed by atoms with E-state index in [0.717, 1.165) is 22.5 Å². The van der Waals surface area contributed by atoms with Crippen LogP contribution in [0, 0.1) is 5.82 Å². The van der Waals surface area contributed by atoms with Gasteiger partial charge in [-0.2, -0.15) is 0 Å². The summed E-state index contributed by atoms with van der Waals surface area (Å²) in [7, 11) is 0. The summed E-state index contributed by atoms with van der Waals surface area (Å²) in [6, 6.07) is 4.62. The Bertz CT molecular complexity index is 847. The molecule has 0 saturated heterocycles. The van der Waals surface area contributed by atoms with Crippen LogP contribution in [0.3, 0.4) is 0 Å². The van der Waals surface area contributed by atoms with Gasteiger partial charge in [0.05, 0.1) is 11.4 Å². The molecule has 0 bridgehead atoms. The average molecular weight is 241 g/mol. The maximum absolute atomic E-state index is 13.2. The third kappa shape index (κ3) is 1.08. The van der Waals surface area contributed by atoms with E-state index < -0.39 is 0 Å². The van der Waals surface area contributed by atoms with E-state index in [2.05, 4.69) is 9.97 Å². The molecule has 1 aliphatic rings. The highest BCUT2D eigenvalue weighted by atomic mass is 19.1. The lowest BCUT2D eigenvalue weighted by atomic mass is 10.1. The van der Waals surface area contributed by atoms with Gasteiger partial charge < -0.3 is 4.98 Å². The van der Waals surface area contributed by atoms with Gasteiger partial charge in [-0.15, -0.1) is 0 Å². The first-order chi connectivity index (χ1) is 8.74. The first kappa shape index (κ1) is 9.58. The molecule has 0 aliphatic heterocycles. The van der Waals surface area contributed by atoms with Gasteiger partial charge in [0.25, 0.3) is 5.56 Å². The van der Waals surface area contributed by atoms with E-state index in [-0.39, 0.29) is 11.4 Å². The van der Waals surface area contributed by atoms with Crippen LogP contribution in [0.4, 0.5) is 4.39 Å². The van der Waals surface area contributed by atoms with Crippen LogP contribution in [0.1, 0.15) is 11.3 Å². The van der Waals surface area contributed by atoms with E-state index in [1.165, 1.54) is 12.1 Å². The first-order valence-electron chi connectivity index (χ1n) is 5.61. The minimum atomic E-state index is -0.259. The summed E-state index contributed by atoms with van der Waals surface area (Å²) >= 11 is 0. The number of hydrogen-bond donors (Lipinski definition) is 1. The fraction of sp³-hybridized carbons (Fsp3) is 0.0769. The summed E-state index contributed by atoms with van der Waals surface area (Å²) in [4.78, 5) is 18.7. The molecule has 0 spiro atoms. The van der Waals surface area contributed by atoms with E-state index in [1.807, 2.05) is 0 Å². The number of fused-ring (bicyclic) bond motifs is 5. The van der Waals surface area contributed by atoms with Gasteiger partial charge in [-0.05, 0) is 23.8 Å². The molecule has 0 atom stereocenters.